The van der Waals surface area contributed by atoms with Gasteiger partial charge < -0.3 is 52.8 Å². The Morgan fingerprint density at radius 3 is 1.20 bits per heavy atom. The van der Waals surface area contributed by atoms with E-state index in [-0.39, 0.29) is 34.4 Å². The summed E-state index contributed by atoms with van der Waals surface area (Å²) >= 11 is 0. The SMILES string of the molecule is C[Si](C)(C)CCO[C@@H]1O[C@H](COC(=O)c2ccccc2)[C@@H](O[C@@H]2O[C@H](COC(=O)c3ccccc3)[C@@H](OC(=O)c3ccccc3)[C@H](OC(=O)c3ccccc3)[C@H]2O)[C@H](O)[C@H]1OC(=O)c1ccccc1. The van der Waals surface area contributed by atoms with Gasteiger partial charge in [-0.2, -0.15) is 0 Å². The van der Waals surface area contributed by atoms with Crippen LogP contribution in [-0.2, 0) is 42.6 Å². The van der Waals surface area contributed by atoms with E-state index in [1.54, 1.807) is 103 Å². The molecular formula is C52H54O16Si. The molecule has 362 valence electrons. The Balaban J connectivity index is 1.25. The summed E-state index contributed by atoms with van der Waals surface area (Å²) in [5.74, 6) is -4.19. The van der Waals surface area contributed by atoms with Crippen molar-refractivity contribution < 1.29 is 76.8 Å². The lowest BCUT2D eigenvalue weighted by Gasteiger charge is -2.47. The van der Waals surface area contributed by atoms with E-state index in [1.807, 2.05) is 0 Å². The van der Waals surface area contributed by atoms with Crippen LogP contribution in [0, 0.1) is 0 Å². The Labute approximate surface area is 399 Å². The highest BCUT2D eigenvalue weighted by Gasteiger charge is 2.55. The van der Waals surface area contributed by atoms with Gasteiger partial charge in [-0.3, -0.25) is 0 Å². The van der Waals surface area contributed by atoms with E-state index in [4.69, 9.17) is 42.6 Å². The van der Waals surface area contributed by atoms with Crippen molar-refractivity contribution in [2.45, 2.75) is 87.1 Å². The maximum Gasteiger partial charge on any atom is 0.338 e. The van der Waals surface area contributed by atoms with Gasteiger partial charge in [0.25, 0.3) is 0 Å². The zero-order valence-electron chi connectivity index (χ0n) is 38.1. The first-order valence-corrected chi connectivity index (χ1v) is 26.1. The zero-order chi connectivity index (χ0) is 48.9. The van der Waals surface area contributed by atoms with Crippen molar-refractivity contribution in [3.8, 4) is 0 Å². The summed E-state index contributed by atoms with van der Waals surface area (Å²) in [6.45, 7) is 5.36. The number of hydrogen-bond acceptors (Lipinski definition) is 16. The summed E-state index contributed by atoms with van der Waals surface area (Å²) < 4.78 is 54.7. The Hall–Kier alpha value is -6.57. The number of hydrogen-bond donors (Lipinski definition) is 2. The van der Waals surface area contributed by atoms with Gasteiger partial charge in [-0.05, 0) is 66.7 Å². The number of carbonyl (C=O) groups is 5. The molecule has 0 bridgehead atoms. The molecule has 16 nitrogen and oxygen atoms in total. The quantitative estimate of drug-likeness (QED) is 0.0562. The molecule has 2 fully saturated rings. The lowest BCUT2D eigenvalue weighted by Crippen LogP contribution is -2.66. The second-order valence-electron chi connectivity index (χ2n) is 17.5. The fraction of sp³-hybridized carbons (Fsp3) is 0.327. The van der Waals surface area contributed by atoms with Crippen molar-refractivity contribution in [2.24, 2.45) is 0 Å². The molecule has 2 aliphatic heterocycles. The Bertz CT molecular complexity index is 2450. The first-order valence-electron chi connectivity index (χ1n) is 22.4. The van der Waals surface area contributed by atoms with Crippen LogP contribution in [0.3, 0.4) is 0 Å². The minimum atomic E-state index is -2.01. The minimum absolute atomic E-state index is 0.0773. The molecule has 2 saturated heterocycles. The van der Waals surface area contributed by atoms with Crippen molar-refractivity contribution in [3.63, 3.8) is 0 Å². The third-order valence-corrected chi connectivity index (χ3v) is 12.9. The van der Waals surface area contributed by atoms with Crippen LogP contribution >= 0.6 is 0 Å². The van der Waals surface area contributed by atoms with E-state index < -0.39 is 113 Å². The van der Waals surface area contributed by atoms with Crippen LogP contribution in [0.15, 0.2) is 152 Å². The van der Waals surface area contributed by atoms with Gasteiger partial charge in [0.05, 0.1) is 27.8 Å². The van der Waals surface area contributed by atoms with Crippen LogP contribution in [0.1, 0.15) is 51.8 Å². The fourth-order valence-electron chi connectivity index (χ4n) is 7.44. The Morgan fingerprint density at radius 1 is 0.449 bits per heavy atom. The predicted molar refractivity (Wildman–Crippen MR) is 249 cm³/mol. The van der Waals surface area contributed by atoms with Gasteiger partial charge in [-0.1, -0.05) is 111 Å². The molecule has 0 spiro atoms. The van der Waals surface area contributed by atoms with E-state index in [2.05, 4.69) is 19.6 Å². The normalized spacial score (nSPS) is 24.5. The zero-order valence-corrected chi connectivity index (χ0v) is 39.1. The highest BCUT2D eigenvalue weighted by Crippen LogP contribution is 2.34. The van der Waals surface area contributed by atoms with Crippen LogP contribution in [0.5, 0.6) is 0 Å². The molecule has 10 atom stereocenters. The van der Waals surface area contributed by atoms with Crippen molar-refractivity contribution in [1.29, 1.82) is 0 Å². The Morgan fingerprint density at radius 2 is 0.797 bits per heavy atom. The van der Waals surface area contributed by atoms with Crippen LogP contribution in [0.25, 0.3) is 0 Å². The number of aliphatic hydroxyl groups excluding tert-OH is 2. The van der Waals surface area contributed by atoms with Crippen molar-refractivity contribution >= 4 is 37.9 Å². The number of esters is 5. The smallest absolute Gasteiger partial charge is 0.338 e. The van der Waals surface area contributed by atoms with Crippen molar-refractivity contribution in [1.82, 2.24) is 0 Å². The lowest BCUT2D eigenvalue weighted by atomic mass is 9.96. The first kappa shape index (κ1) is 50.3. The maximum absolute atomic E-state index is 13.8. The highest BCUT2D eigenvalue weighted by molar-refractivity contribution is 6.76. The molecule has 0 aliphatic carbocycles. The summed E-state index contributed by atoms with van der Waals surface area (Å²) in [7, 11) is -1.70. The van der Waals surface area contributed by atoms with Gasteiger partial charge in [0.1, 0.15) is 43.7 Å². The van der Waals surface area contributed by atoms with Gasteiger partial charge >= 0.3 is 29.8 Å². The van der Waals surface area contributed by atoms with Crippen LogP contribution in [0.4, 0.5) is 0 Å². The molecule has 5 aromatic carbocycles. The van der Waals surface area contributed by atoms with Crippen molar-refractivity contribution in [2.75, 3.05) is 19.8 Å². The summed E-state index contributed by atoms with van der Waals surface area (Å²) in [5, 5.41) is 24.7. The summed E-state index contributed by atoms with van der Waals surface area (Å²) in [5.41, 5.74) is 0.723. The largest absolute Gasteiger partial charge is 0.459 e. The first-order chi connectivity index (χ1) is 33.3. The monoisotopic (exact) mass is 962 g/mol. The molecular weight excluding hydrogens is 909 g/mol. The third-order valence-electron chi connectivity index (χ3n) is 11.2. The predicted octanol–water partition coefficient (Wildman–Crippen LogP) is 6.29. The summed E-state index contributed by atoms with van der Waals surface area (Å²) in [4.78, 5) is 67.9. The molecule has 5 aromatic rings. The highest BCUT2D eigenvalue weighted by atomic mass is 28.3. The average molecular weight is 963 g/mol. The molecule has 0 radical (unpaired) electrons. The average Bonchev–Trinajstić information content (AvgIpc) is 3.37. The molecule has 2 aliphatic rings. The molecule has 17 heteroatoms. The summed E-state index contributed by atoms with van der Waals surface area (Å²) in [6.07, 6.45) is -16.8. The van der Waals surface area contributed by atoms with E-state index in [0.717, 1.165) is 0 Å². The van der Waals surface area contributed by atoms with Crippen LogP contribution in [0.2, 0.25) is 25.7 Å². The third kappa shape index (κ3) is 13.6. The number of carbonyl (C=O) groups excluding carboxylic acids is 5. The van der Waals surface area contributed by atoms with E-state index in [9.17, 15) is 34.2 Å². The molecule has 0 unspecified atom stereocenters. The van der Waals surface area contributed by atoms with Gasteiger partial charge in [0.2, 0.25) is 0 Å². The molecule has 2 N–H and O–H groups in total. The van der Waals surface area contributed by atoms with E-state index in [0.29, 0.717) is 6.04 Å². The number of benzene rings is 5. The molecule has 0 saturated carbocycles. The van der Waals surface area contributed by atoms with Crippen LogP contribution < -0.4 is 0 Å². The maximum atomic E-state index is 13.8. The standard InChI is InChI=1S/C52H54O16Si/c1-69(2,3)30-29-60-52-45(67-50(59)37-27-17-8-18-28-37)40(53)42(38(64-52)31-61-46(55)33-19-9-4-10-20-33)68-51-41(54)44(66-49(58)36-25-15-7-16-26-36)43(65-48(57)35-23-13-6-14-24-35)39(63-51)32-62-47(56)34-21-11-5-12-22-34/h4-28,38-45,51-54H,29-32H2,1-3H3/t38-,39-,40+,41-,42-,43-,44-,45-,51+,52-/m1/s1. The molecule has 2 heterocycles. The molecule has 69 heavy (non-hydrogen) atoms. The summed E-state index contributed by atoms with van der Waals surface area (Å²) in [6, 6.07) is 40.5. The van der Waals surface area contributed by atoms with Gasteiger partial charge in [-0.15, -0.1) is 0 Å². The number of aliphatic hydroxyl groups is 2. The Kier molecular flexibility index (Phi) is 17.2. The van der Waals surface area contributed by atoms with Gasteiger partial charge in [0, 0.05) is 14.7 Å². The van der Waals surface area contributed by atoms with Crippen molar-refractivity contribution in [3.05, 3.63) is 179 Å². The second kappa shape index (κ2) is 23.6. The lowest BCUT2D eigenvalue weighted by molar-refractivity contribution is -0.357. The molecule has 0 aromatic heterocycles. The second-order valence-corrected chi connectivity index (χ2v) is 23.1. The number of rotatable bonds is 18. The van der Waals surface area contributed by atoms with Gasteiger partial charge in [0.15, 0.2) is 30.9 Å². The van der Waals surface area contributed by atoms with E-state index in [1.165, 1.54) is 48.5 Å². The number of ether oxygens (including phenoxy) is 9. The van der Waals surface area contributed by atoms with Crippen LogP contribution in [-0.4, -0.2) is 129 Å². The van der Waals surface area contributed by atoms with E-state index >= 15 is 0 Å². The minimum Gasteiger partial charge on any atom is -0.459 e. The fourth-order valence-corrected chi connectivity index (χ4v) is 8.17. The molecule has 7 rings (SSSR count). The van der Waals surface area contributed by atoms with Gasteiger partial charge in [-0.25, -0.2) is 24.0 Å². The topological polar surface area (TPSA) is 209 Å². The molecule has 0 amide bonds.